The number of benzene rings is 2. The van der Waals surface area contributed by atoms with Crippen molar-refractivity contribution >= 4 is 23.0 Å². The number of nitrogens with one attached hydrogen (secondary N) is 1. The number of para-hydroxylation sites is 1. The number of ether oxygens (including phenoxy) is 2. The van der Waals surface area contributed by atoms with Gasteiger partial charge in [0.15, 0.2) is 0 Å². The van der Waals surface area contributed by atoms with Crippen molar-refractivity contribution in [3.63, 3.8) is 0 Å². The minimum Gasteiger partial charge on any atom is -0.494 e. The van der Waals surface area contributed by atoms with Gasteiger partial charge in [-0.3, -0.25) is 4.79 Å². The molecular weight excluding hydrogens is 306 g/mol. The molecule has 0 aliphatic carbocycles. The summed E-state index contributed by atoms with van der Waals surface area (Å²) in [5.41, 5.74) is 1.85. The molecule has 6 heteroatoms. The van der Waals surface area contributed by atoms with Crippen molar-refractivity contribution < 1.29 is 14.3 Å². The normalized spacial score (nSPS) is 10.9. The Kier molecular flexibility index (Phi) is 5.89. The quantitative estimate of drug-likeness (QED) is 0.781. The number of hydrogen-bond acceptors (Lipinski definition) is 5. The summed E-state index contributed by atoms with van der Waals surface area (Å²) in [5.74, 6) is 0.992. The first-order chi connectivity index (χ1) is 11.5. The van der Waals surface area contributed by atoms with Crippen molar-refractivity contribution in [1.29, 1.82) is 0 Å². The first kappa shape index (κ1) is 17.5. The Morgan fingerprint density at radius 3 is 2.38 bits per heavy atom. The summed E-state index contributed by atoms with van der Waals surface area (Å²) >= 11 is 0. The number of azo groups is 1. The molecule has 126 valence electrons. The van der Waals surface area contributed by atoms with Gasteiger partial charge < -0.3 is 14.8 Å². The Morgan fingerprint density at radius 1 is 1.00 bits per heavy atom. The molecule has 0 fully saturated rings. The Hall–Kier alpha value is -2.89. The van der Waals surface area contributed by atoms with Crippen LogP contribution in [0.15, 0.2) is 52.7 Å². The average Bonchev–Trinajstić information content (AvgIpc) is 2.60. The topological polar surface area (TPSA) is 72.3 Å². The number of methoxy groups -OCH3 is 2. The van der Waals surface area contributed by atoms with Crippen molar-refractivity contribution in [2.45, 2.75) is 13.8 Å². The van der Waals surface area contributed by atoms with Crippen molar-refractivity contribution in [2.75, 3.05) is 19.5 Å². The summed E-state index contributed by atoms with van der Waals surface area (Å²) in [6.07, 6.45) is 0. The summed E-state index contributed by atoms with van der Waals surface area (Å²) in [4.78, 5) is 11.8. The average molecular weight is 327 g/mol. The third kappa shape index (κ3) is 4.32. The van der Waals surface area contributed by atoms with Gasteiger partial charge in [-0.25, -0.2) is 0 Å². The molecule has 24 heavy (non-hydrogen) atoms. The lowest BCUT2D eigenvalue weighted by molar-refractivity contribution is -0.118. The Morgan fingerprint density at radius 2 is 1.71 bits per heavy atom. The van der Waals surface area contributed by atoms with Gasteiger partial charge >= 0.3 is 0 Å². The van der Waals surface area contributed by atoms with E-state index in [2.05, 4.69) is 15.5 Å². The van der Waals surface area contributed by atoms with Crippen LogP contribution in [0.2, 0.25) is 0 Å². The lowest BCUT2D eigenvalue weighted by Crippen LogP contribution is -2.18. The molecule has 0 bridgehead atoms. The highest BCUT2D eigenvalue weighted by molar-refractivity contribution is 5.93. The molecule has 2 aromatic rings. The zero-order valence-corrected chi connectivity index (χ0v) is 14.2. The second-order valence-corrected chi connectivity index (χ2v) is 5.40. The maximum absolute atomic E-state index is 11.8. The Labute approximate surface area is 141 Å². The van der Waals surface area contributed by atoms with Crippen LogP contribution in [0.1, 0.15) is 13.8 Å². The van der Waals surface area contributed by atoms with E-state index in [1.807, 2.05) is 38.1 Å². The standard InChI is InChI=1S/C18H21N3O3/c1-12(2)18(22)19-14-10-9-13(11-17(14)24-4)20-21-15-7-5-6-8-16(15)23-3/h5-12H,1-4H3,(H,19,22). The minimum absolute atomic E-state index is 0.0725. The van der Waals surface area contributed by atoms with E-state index in [9.17, 15) is 4.79 Å². The van der Waals surface area contributed by atoms with Gasteiger partial charge in [0.2, 0.25) is 5.91 Å². The highest BCUT2D eigenvalue weighted by Crippen LogP contribution is 2.32. The van der Waals surface area contributed by atoms with Crippen molar-refractivity contribution in [1.82, 2.24) is 0 Å². The summed E-state index contributed by atoms with van der Waals surface area (Å²) in [7, 11) is 3.13. The van der Waals surface area contributed by atoms with E-state index in [1.54, 1.807) is 32.4 Å². The number of amides is 1. The van der Waals surface area contributed by atoms with Crippen molar-refractivity contribution in [3.05, 3.63) is 42.5 Å². The van der Waals surface area contributed by atoms with E-state index in [4.69, 9.17) is 9.47 Å². The van der Waals surface area contributed by atoms with Crippen LogP contribution in [0.5, 0.6) is 11.5 Å². The van der Waals surface area contributed by atoms with E-state index in [-0.39, 0.29) is 11.8 Å². The molecule has 0 heterocycles. The molecule has 6 nitrogen and oxygen atoms in total. The Bertz CT molecular complexity index is 742. The number of carbonyl (C=O) groups excluding carboxylic acids is 1. The number of hydrogen-bond donors (Lipinski definition) is 1. The van der Waals surface area contributed by atoms with Crippen LogP contribution in [0.4, 0.5) is 17.1 Å². The molecule has 0 saturated carbocycles. The van der Waals surface area contributed by atoms with Crippen LogP contribution in [0, 0.1) is 5.92 Å². The molecule has 0 aliphatic rings. The molecular formula is C18H21N3O3. The van der Waals surface area contributed by atoms with E-state index in [1.165, 1.54) is 0 Å². The van der Waals surface area contributed by atoms with Gasteiger partial charge in [-0.1, -0.05) is 26.0 Å². The smallest absolute Gasteiger partial charge is 0.227 e. The van der Waals surface area contributed by atoms with Gasteiger partial charge in [-0.05, 0) is 24.3 Å². The summed E-state index contributed by atoms with van der Waals surface area (Å²) in [6, 6.07) is 12.6. The zero-order valence-electron chi connectivity index (χ0n) is 14.2. The minimum atomic E-state index is -0.111. The highest BCUT2D eigenvalue weighted by Gasteiger charge is 2.11. The number of rotatable bonds is 6. The lowest BCUT2D eigenvalue weighted by atomic mass is 10.2. The molecule has 1 N–H and O–H groups in total. The summed E-state index contributed by atoms with van der Waals surface area (Å²) in [5, 5.41) is 11.2. The maximum Gasteiger partial charge on any atom is 0.227 e. The van der Waals surface area contributed by atoms with E-state index >= 15 is 0 Å². The highest BCUT2D eigenvalue weighted by atomic mass is 16.5. The largest absolute Gasteiger partial charge is 0.494 e. The van der Waals surface area contributed by atoms with Crippen molar-refractivity contribution in [3.8, 4) is 11.5 Å². The van der Waals surface area contributed by atoms with Gasteiger partial charge in [0, 0.05) is 12.0 Å². The molecule has 0 unspecified atom stereocenters. The number of carbonyl (C=O) groups is 1. The second kappa shape index (κ2) is 8.10. The predicted octanol–water partition coefficient (Wildman–Crippen LogP) is 4.71. The SMILES string of the molecule is COc1ccccc1N=Nc1ccc(NC(=O)C(C)C)c(OC)c1. The van der Waals surface area contributed by atoms with Gasteiger partial charge in [0.05, 0.1) is 25.6 Å². The van der Waals surface area contributed by atoms with Gasteiger partial charge in [-0.2, -0.15) is 5.11 Å². The van der Waals surface area contributed by atoms with E-state index < -0.39 is 0 Å². The Balaban J connectivity index is 2.23. The van der Waals surface area contributed by atoms with Crippen LogP contribution in [-0.2, 0) is 4.79 Å². The maximum atomic E-state index is 11.8. The van der Waals surface area contributed by atoms with Crippen LogP contribution in [0.3, 0.4) is 0 Å². The third-order valence-corrected chi connectivity index (χ3v) is 3.33. The fraction of sp³-hybridized carbons (Fsp3) is 0.278. The van der Waals surface area contributed by atoms with Crippen LogP contribution in [-0.4, -0.2) is 20.1 Å². The fourth-order valence-corrected chi connectivity index (χ4v) is 1.95. The van der Waals surface area contributed by atoms with Crippen LogP contribution < -0.4 is 14.8 Å². The van der Waals surface area contributed by atoms with E-state index in [0.29, 0.717) is 28.6 Å². The first-order valence-electron chi connectivity index (χ1n) is 7.58. The number of anilines is 1. The first-order valence-corrected chi connectivity index (χ1v) is 7.58. The van der Waals surface area contributed by atoms with Crippen LogP contribution in [0.25, 0.3) is 0 Å². The zero-order chi connectivity index (χ0) is 17.5. The molecule has 0 spiro atoms. The number of nitrogens with zero attached hydrogens (tertiary/aromatic N) is 2. The molecule has 0 aliphatic heterocycles. The van der Waals surface area contributed by atoms with Gasteiger partial charge in [0.25, 0.3) is 0 Å². The fourth-order valence-electron chi connectivity index (χ4n) is 1.95. The molecule has 2 aromatic carbocycles. The molecule has 0 radical (unpaired) electrons. The molecule has 0 atom stereocenters. The lowest BCUT2D eigenvalue weighted by Gasteiger charge is -2.12. The summed E-state index contributed by atoms with van der Waals surface area (Å²) < 4.78 is 10.6. The van der Waals surface area contributed by atoms with Gasteiger partial charge in [0.1, 0.15) is 17.2 Å². The van der Waals surface area contributed by atoms with Crippen molar-refractivity contribution in [2.24, 2.45) is 16.1 Å². The van der Waals surface area contributed by atoms with Gasteiger partial charge in [-0.15, -0.1) is 5.11 Å². The monoisotopic (exact) mass is 327 g/mol. The molecule has 1 amide bonds. The summed E-state index contributed by atoms with van der Waals surface area (Å²) in [6.45, 7) is 3.66. The molecule has 2 rings (SSSR count). The third-order valence-electron chi connectivity index (χ3n) is 3.33. The predicted molar refractivity (Wildman–Crippen MR) is 93.6 cm³/mol. The van der Waals surface area contributed by atoms with Crippen LogP contribution >= 0.6 is 0 Å². The molecule has 0 saturated heterocycles. The second-order valence-electron chi connectivity index (χ2n) is 5.40. The molecule has 0 aromatic heterocycles. The van der Waals surface area contributed by atoms with E-state index in [0.717, 1.165) is 0 Å².